The molecular formula is C12H11Cl3N4O4. The van der Waals surface area contributed by atoms with Crippen LogP contribution in [0.15, 0.2) is 0 Å². The predicted octanol–water partition coefficient (Wildman–Crippen LogP) is 1.77. The van der Waals surface area contributed by atoms with Crippen LogP contribution in [0.4, 0.5) is 10.5 Å². The number of halogens is 3. The van der Waals surface area contributed by atoms with Crippen molar-refractivity contribution in [3.8, 4) is 0 Å². The van der Waals surface area contributed by atoms with Gasteiger partial charge < -0.3 is 15.8 Å². The van der Waals surface area contributed by atoms with Gasteiger partial charge in [0.25, 0.3) is 5.91 Å². The molecule has 1 aromatic rings. The molecule has 4 N–H and O–H groups in total. The van der Waals surface area contributed by atoms with E-state index in [-0.39, 0.29) is 32.6 Å². The zero-order valence-electron chi connectivity index (χ0n) is 11.5. The molecule has 2 rings (SSSR count). The number of nitrogens with two attached hydrogens (primary N) is 1. The maximum atomic E-state index is 11.9. The van der Waals surface area contributed by atoms with Crippen LogP contribution in [-0.4, -0.2) is 35.5 Å². The number of nitrogens with zero attached hydrogens (tertiary/aromatic N) is 1. The highest BCUT2D eigenvalue weighted by atomic mass is 35.5. The first kappa shape index (κ1) is 17.6. The average Bonchev–Trinajstić information content (AvgIpc) is 3.30. The minimum absolute atomic E-state index is 0.0903. The molecule has 1 aromatic heterocycles. The number of aromatic nitrogens is 1. The molecule has 124 valence electrons. The number of hydrogen-bond acceptors (Lipinski definition) is 6. The van der Waals surface area contributed by atoms with Crippen molar-refractivity contribution in [3.63, 3.8) is 0 Å². The predicted molar refractivity (Wildman–Crippen MR) is 83.7 cm³/mol. The first-order chi connectivity index (χ1) is 10.8. The standard InChI is InChI=1S/C12H11Cl3N4O4/c13-6-8(16)7(14)10(15)19-9(6)11(21)23-3-5(20)18-12(22)17-4-1-2-4/h4H,1-3H2,(H2,16,19)(H2,17,18,20,22). The summed E-state index contributed by atoms with van der Waals surface area (Å²) in [5.41, 5.74) is 5.06. The van der Waals surface area contributed by atoms with Crippen molar-refractivity contribution in [1.29, 1.82) is 0 Å². The lowest BCUT2D eigenvalue weighted by Crippen LogP contribution is -2.42. The number of urea groups is 1. The van der Waals surface area contributed by atoms with E-state index in [1.54, 1.807) is 0 Å². The summed E-state index contributed by atoms with van der Waals surface area (Å²) in [7, 11) is 0. The van der Waals surface area contributed by atoms with E-state index in [0.29, 0.717) is 0 Å². The quantitative estimate of drug-likeness (QED) is 0.539. The van der Waals surface area contributed by atoms with Gasteiger partial charge in [0.2, 0.25) is 0 Å². The van der Waals surface area contributed by atoms with Gasteiger partial charge in [-0.1, -0.05) is 34.8 Å². The molecule has 23 heavy (non-hydrogen) atoms. The number of anilines is 1. The highest BCUT2D eigenvalue weighted by molar-refractivity contribution is 6.46. The maximum Gasteiger partial charge on any atom is 0.359 e. The number of ether oxygens (including phenoxy) is 1. The summed E-state index contributed by atoms with van der Waals surface area (Å²) >= 11 is 17.3. The van der Waals surface area contributed by atoms with E-state index in [1.165, 1.54) is 0 Å². The van der Waals surface area contributed by atoms with Crippen LogP contribution >= 0.6 is 34.8 Å². The third-order valence-electron chi connectivity index (χ3n) is 2.77. The molecule has 0 aromatic carbocycles. The molecule has 0 unspecified atom stereocenters. The maximum absolute atomic E-state index is 11.9. The van der Waals surface area contributed by atoms with Crippen LogP contribution in [0.5, 0.6) is 0 Å². The summed E-state index contributed by atoms with van der Waals surface area (Å²) in [6, 6.07) is -0.559. The first-order valence-corrected chi connectivity index (χ1v) is 7.50. The van der Waals surface area contributed by atoms with Crippen molar-refractivity contribution in [2.75, 3.05) is 12.3 Å². The molecule has 0 bridgehead atoms. The molecule has 1 fully saturated rings. The van der Waals surface area contributed by atoms with Crippen LogP contribution in [0.25, 0.3) is 0 Å². The van der Waals surface area contributed by atoms with Gasteiger partial charge in [0.15, 0.2) is 17.5 Å². The number of pyridine rings is 1. The fourth-order valence-corrected chi connectivity index (χ4v) is 2.06. The summed E-state index contributed by atoms with van der Waals surface area (Å²) in [5.74, 6) is -1.83. The lowest BCUT2D eigenvalue weighted by Gasteiger charge is -2.09. The lowest BCUT2D eigenvalue weighted by atomic mass is 10.3. The third kappa shape index (κ3) is 4.60. The molecule has 1 aliphatic carbocycles. The van der Waals surface area contributed by atoms with Gasteiger partial charge in [-0.15, -0.1) is 0 Å². The Labute approximate surface area is 145 Å². The van der Waals surface area contributed by atoms with Gasteiger partial charge in [-0.2, -0.15) is 0 Å². The van der Waals surface area contributed by atoms with Crippen LogP contribution in [0.1, 0.15) is 23.3 Å². The molecule has 0 radical (unpaired) electrons. The summed E-state index contributed by atoms with van der Waals surface area (Å²) < 4.78 is 4.71. The molecule has 0 saturated heterocycles. The molecule has 3 amide bonds. The van der Waals surface area contributed by atoms with Crippen molar-refractivity contribution >= 4 is 58.4 Å². The molecule has 11 heteroatoms. The monoisotopic (exact) mass is 380 g/mol. The number of nitrogen functional groups attached to an aromatic ring is 1. The number of nitrogens with one attached hydrogen (secondary N) is 2. The van der Waals surface area contributed by atoms with E-state index >= 15 is 0 Å². The van der Waals surface area contributed by atoms with E-state index in [0.717, 1.165) is 12.8 Å². The first-order valence-electron chi connectivity index (χ1n) is 6.37. The molecule has 1 heterocycles. The lowest BCUT2D eigenvalue weighted by molar-refractivity contribution is -0.123. The third-order valence-corrected chi connectivity index (χ3v) is 3.90. The Morgan fingerprint density at radius 1 is 1.22 bits per heavy atom. The molecule has 0 spiro atoms. The SMILES string of the molecule is Nc1c(Cl)c(Cl)nc(C(=O)OCC(=O)NC(=O)NC2CC2)c1Cl. The van der Waals surface area contributed by atoms with Gasteiger partial charge in [-0.05, 0) is 12.8 Å². The highest BCUT2D eigenvalue weighted by Gasteiger charge is 2.25. The van der Waals surface area contributed by atoms with Crippen LogP contribution in [0.2, 0.25) is 15.2 Å². The van der Waals surface area contributed by atoms with Crippen molar-refractivity contribution in [2.24, 2.45) is 0 Å². The zero-order chi connectivity index (χ0) is 17.1. The molecule has 8 nitrogen and oxygen atoms in total. The van der Waals surface area contributed by atoms with Crippen LogP contribution < -0.4 is 16.4 Å². The Balaban J connectivity index is 1.91. The second-order valence-electron chi connectivity index (χ2n) is 4.66. The largest absolute Gasteiger partial charge is 0.451 e. The fraction of sp³-hybridized carbons (Fsp3) is 0.333. The number of amides is 3. The van der Waals surface area contributed by atoms with Crippen molar-refractivity contribution in [3.05, 3.63) is 20.9 Å². The van der Waals surface area contributed by atoms with Gasteiger partial charge in [0.05, 0.1) is 10.7 Å². The molecule has 1 aliphatic rings. The minimum atomic E-state index is -1.03. The Bertz CT molecular complexity index is 679. The van der Waals surface area contributed by atoms with Gasteiger partial charge >= 0.3 is 12.0 Å². The highest BCUT2D eigenvalue weighted by Crippen LogP contribution is 2.34. The summed E-state index contributed by atoms with van der Waals surface area (Å²) in [6.45, 7) is -0.699. The second kappa shape index (κ2) is 7.20. The van der Waals surface area contributed by atoms with Gasteiger partial charge in [-0.3, -0.25) is 10.1 Å². The summed E-state index contributed by atoms with van der Waals surface area (Å²) in [4.78, 5) is 38.3. The van der Waals surface area contributed by atoms with Crippen molar-refractivity contribution in [1.82, 2.24) is 15.6 Å². The summed E-state index contributed by atoms with van der Waals surface area (Å²) in [5, 5.41) is 3.99. The molecule has 0 atom stereocenters. The zero-order valence-corrected chi connectivity index (χ0v) is 13.8. The Morgan fingerprint density at radius 2 is 1.87 bits per heavy atom. The number of rotatable bonds is 4. The smallest absolute Gasteiger partial charge is 0.359 e. The fourth-order valence-electron chi connectivity index (χ4n) is 1.48. The van der Waals surface area contributed by atoms with Crippen molar-refractivity contribution < 1.29 is 19.1 Å². The van der Waals surface area contributed by atoms with Gasteiger partial charge in [0.1, 0.15) is 5.02 Å². The number of carbonyl (C=O) groups is 3. The Hall–Kier alpha value is -1.77. The van der Waals surface area contributed by atoms with Crippen molar-refractivity contribution in [2.45, 2.75) is 18.9 Å². The van der Waals surface area contributed by atoms with Crippen LogP contribution in [0, 0.1) is 0 Å². The molecular weight excluding hydrogens is 371 g/mol. The topological polar surface area (TPSA) is 123 Å². The van der Waals surface area contributed by atoms with E-state index in [1.807, 2.05) is 5.32 Å². The van der Waals surface area contributed by atoms with Crippen LogP contribution in [-0.2, 0) is 9.53 Å². The normalized spacial score (nSPS) is 13.3. The number of esters is 1. The van der Waals surface area contributed by atoms with Gasteiger partial charge in [-0.25, -0.2) is 14.6 Å². The average molecular weight is 382 g/mol. The molecule has 0 aliphatic heterocycles. The Morgan fingerprint density at radius 3 is 2.48 bits per heavy atom. The van der Waals surface area contributed by atoms with Gasteiger partial charge in [0, 0.05) is 6.04 Å². The van der Waals surface area contributed by atoms with E-state index in [4.69, 9.17) is 45.3 Å². The number of imide groups is 1. The van der Waals surface area contributed by atoms with E-state index < -0.39 is 24.5 Å². The molecule has 1 saturated carbocycles. The number of hydrogen-bond donors (Lipinski definition) is 3. The second-order valence-corrected chi connectivity index (χ2v) is 5.78. The van der Waals surface area contributed by atoms with E-state index in [2.05, 4.69) is 10.3 Å². The Kier molecular flexibility index (Phi) is 5.51. The van der Waals surface area contributed by atoms with Crippen LogP contribution in [0.3, 0.4) is 0 Å². The minimum Gasteiger partial charge on any atom is -0.451 e. The number of carbonyl (C=O) groups excluding carboxylic acids is 3. The van der Waals surface area contributed by atoms with E-state index in [9.17, 15) is 14.4 Å². The summed E-state index contributed by atoms with van der Waals surface area (Å²) in [6.07, 6.45) is 1.75.